The van der Waals surface area contributed by atoms with Crippen LogP contribution >= 0.6 is 34.8 Å². The minimum Gasteiger partial charge on any atom is -0.508 e. The van der Waals surface area contributed by atoms with Crippen LogP contribution in [0.2, 0.25) is 15.1 Å². The van der Waals surface area contributed by atoms with E-state index in [-0.39, 0.29) is 27.2 Å². The van der Waals surface area contributed by atoms with E-state index in [9.17, 15) is 23.1 Å². The van der Waals surface area contributed by atoms with Gasteiger partial charge in [-0.25, -0.2) is 4.79 Å². The molecule has 0 atom stereocenters. The number of benzene rings is 3. The molecule has 0 aliphatic rings. The molecule has 3 aromatic carbocycles. The van der Waals surface area contributed by atoms with E-state index in [0.29, 0.717) is 16.8 Å². The number of phenols is 1. The first-order valence-corrected chi connectivity index (χ1v) is 8.75. The molecular formula is C18H10Cl3F3N2O2. The molecule has 28 heavy (non-hydrogen) atoms. The summed E-state index contributed by atoms with van der Waals surface area (Å²) in [5.74, 6) is -0.0677. The molecule has 0 aliphatic carbocycles. The molecule has 2 amide bonds. The maximum absolute atomic E-state index is 13.0. The van der Waals surface area contributed by atoms with Gasteiger partial charge in [0.1, 0.15) is 5.75 Å². The second kappa shape index (κ2) is 7.58. The predicted octanol–water partition coefficient (Wildman–Crippen LogP) is 7.17. The fourth-order valence-electron chi connectivity index (χ4n) is 2.54. The van der Waals surface area contributed by atoms with Crippen LogP contribution in [0.5, 0.6) is 5.75 Å². The minimum absolute atomic E-state index is 0.0157. The van der Waals surface area contributed by atoms with Gasteiger partial charge in [-0.1, -0.05) is 40.9 Å². The van der Waals surface area contributed by atoms with Crippen LogP contribution in [0.1, 0.15) is 5.56 Å². The monoisotopic (exact) mass is 448 g/mol. The Hall–Kier alpha value is -2.35. The standard InChI is InChI=1S/C18H10Cl3F3N2O2/c19-13-4-2-9(6-12(13)18(22,23)24)25-17(28)26-16-11-7-10(27)3-1-8(11)5-14(20)15(16)21/h1-7,27H,(H2,25,26,28). The average molecular weight is 450 g/mol. The van der Waals surface area contributed by atoms with Gasteiger partial charge >= 0.3 is 12.2 Å². The number of anilines is 2. The number of halogens is 6. The number of hydrogen-bond acceptors (Lipinski definition) is 2. The van der Waals surface area contributed by atoms with Gasteiger partial charge in [-0.05, 0) is 41.8 Å². The molecule has 146 valence electrons. The van der Waals surface area contributed by atoms with Gasteiger partial charge in [0.15, 0.2) is 0 Å². The Balaban J connectivity index is 1.92. The van der Waals surface area contributed by atoms with Gasteiger partial charge in [0.2, 0.25) is 0 Å². The highest BCUT2D eigenvalue weighted by Gasteiger charge is 2.33. The summed E-state index contributed by atoms with van der Waals surface area (Å²) in [5.41, 5.74) is -1.11. The van der Waals surface area contributed by atoms with Crippen LogP contribution in [0, 0.1) is 0 Å². The number of fused-ring (bicyclic) bond motifs is 1. The van der Waals surface area contributed by atoms with E-state index in [1.165, 1.54) is 18.2 Å². The number of amides is 2. The summed E-state index contributed by atoms with van der Waals surface area (Å²) in [6.45, 7) is 0. The Morgan fingerprint density at radius 3 is 2.32 bits per heavy atom. The van der Waals surface area contributed by atoms with Crippen molar-refractivity contribution in [1.82, 2.24) is 0 Å². The van der Waals surface area contributed by atoms with E-state index in [4.69, 9.17) is 34.8 Å². The molecular weight excluding hydrogens is 440 g/mol. The SMILES string of the molecule is O=C(Nc1ccc(Cl)c(C(F)(F)F)c1)Nc1c(Cl)c(Cl)cc2ccc(O)cc12. The lowest BCUT2D eigenvalue weighted by atomic mass is 10.1. The van der Waals surface area contributed by atoms with Crippen molar-refractivity contribution < 1.29 is 23.1 Å². The number of nitrogens with one attached hydrogen (secondary N) is 2. The summed E-state index contributed by atoms with van der Waals surface area (Å²) < 4.78 is 38.9. The van der Waals surface area contributed by atoms with E-state index in [0.717, 1.165) is 6.07 Å². The quantitative estimate of drug-likeness (QED) is 0.388. The van der Waals surface area contributed by atoms with Gasteiger partial charge in [0.25, 0.3) is 0 Å². The Bertz CT molecular complexity index is 1090. The lowest BCUT2D eigenvalue weighted by Crippen LogP contribution is -2.20. The third-order valence-corrected chi connectivity index (χ3v) is 4.90. The summed E-state index contributed by atoms with van der Waals surface area (Å²) in [4.78, 5) is 12.3. The highest BCUT2D eigenvalue weighted by Crippen LogP contribution is 2.39. The minimum atomic E-state index is -4.67. The number of phenolic OH excluding ortho intramolecular Hbond substituents is 1. The molecule has 0 fully saturated rings. The third-order valence-electron chi connectivity index (χ3n) is 3.79. The largest absolute Gasteiger partial charge is 0.508 e. The topological polar surface area (TPSA) is 61.4 Å². The lowest BCUT2D eigenvalue weighted by Gasteiger charge is -2.15. The molecule has 4 nitrogen and oxygen atoms in total. The summed E-state index contributed by atoms with van der Waals surface area (Å²) >= 11 is 17.8. The zero-order valence-corrected chi connectivity index (χ0v) is 15.9. The van der Waals surface area contributed by atoms with E-state index in [1.54, 1.807) is 12.1 Å². The summed E-state index contributed by atoms with van der Waals surface area (Å²) in [5, 5.41) is 15.1. The Labute approximate surface area is 171 Å². The molecule has 3 aromatic rings. The number of carbonyl (C=O) groups excluding carboxylic acids is 1. The van der Waals surface area contributed by atoms with Crippen LogP contribution < -0.4 is 10.6 Å². The van der Waals surface area contributed by atoms with Crippen molar-refractivity contribution in [2.75, 3.05) is 10.6 Å². The van der Waals surface area contributed by atoms with Crippen molar-refractivity contribution in [3.05, 3.63) is 63.1 Å². The number of carbonyl (C=O) groups is 1. The maximum Gasteiger partial charge on any atom is 0.417 e. The Morgan fingerprint density at radius 1 is 0.929 bits per heavy atom. The molecule has 3 N–H and O–H groups in total. The first kappa shape index (κ1) is 20.4. The number of urea groups is 1. The number of rotatable bonds is 2. The van der Waals surface area contributed by atoms with E-state index < -0.39 is 22.8 Å². The highest BCUT2D eigenvalue weighted by atomic mass is 35.5. The molecule has 0 bridgehead atoms. The van der Waals surface area contributed by atoms with E-state index >= 15 is 0 Å². The number of alkyl halides is 3. The summed E-state index contributed by atoms with van der Waals surface area (Å²) in [6.07, 6.45) is -4.67. The first-order valence-electron chi connectivity index (χ1n) is 7.62. The van der Waals surface area contributed by atoms with Crippen LogP contribution in [0.3, 0.4) is 0 Å². The van der Waals surface area contributed by atoms with E-state index in [1.807, 2.05) is 0 Å². The Kier molecular flexibility index (Phi) is 5.52. The molecule has 0 aliphatic heterocycles. The normalized spacial score (nSPS) is 11.5. The van der Waals surface area contributed by atoms with Crippen LogP contribution in [0.25, 0.3) is 10.8 Å². The lowest BCUT2D eigenvalue weighted by molar-refractivity contribution is -0.137. The van der Waals surface area contributed by atoms with Gasteiger partial charge in [0, 0.05) is 11.1 Å². The van der Waals surface area contributed by atoms with Crippen LogP contribution in [-0.2, 0) is 6.18 Å². The van der Waals surface area contributed by atoms with Crippen molar-refractivity contribution >= 4 is 63.0 Å². The summed E-state index contributed by atoms with van der Waals surface area (Å²) in [6, 6.07) is 8.04. The predicted molar refractivity (Wildman–Crippen MR) is 105 cm³/mol. The Morgan fingerprint density at radius 2 is 1.64 bits per heavy atom. The second-order valence-electron chi connectivity index (χ2n) is 5.72. The molecule has 0 unspecified atom stereocenters. The number of aromatic hydroxyl groups is 1. The maximum atomic E-state index is 13.0. The summed E-state index contributed by atoms with van der Waals surface area (Å²) in [7, 11) is 0. The number of hydrogen-bond donors (Lipinski definition) is 3. The van der Waals surface area contributed by atoms with Gasteiger partial charge < -0.3 is 15.7 Å². The fourth-order valence-corrected chi connectivity index (χ4v) is 3.18. The second-order valence-corrected chi connectivity index (χ2v) is 6.92. The van der Waals surface area contributed by atoms with Crippen LogP contribution in [-0.4, -0.2) is 11.1 Å². The van der Waals surface area contributed by atoms with Gasteiger partial charge in [-0.2, -0.15) is 13.2 Å². The highest BCUT2D eigenvalue weighted by molar-refractivity contribution is 6.45. The van der Waals surface area contributed by atoms with Gasteiger partial charge in [0.05, 0.1) is 26.3 Å². The molecule has 3 rings (SSSR count). The third kappa shape index (κ3) is 4.22. The van der Waals surface area contributed by atoms with E-state index in [2.05, 4.69) is 10.6 Å². The average Bonchev–Trinajstić information content (AvgIpc) is 2.60. The molecule has 0 radical (unpaired) electrons. The van der Waals surface area contributed by atoms with Crippen molar-refractivity contribution in [3.63, 3.8) is 0 Å². The first-order chi connectivity index (χ1) is 13.1. The van der Waals surface area contributed by atoms with Crippen LogP contribution in [0.4, 0.5) is 29.3 Å². The van der Waals surface area contributed by atoms with Crippen molar-refractivity contribution in [2.45, 2.75) is 6.18 Å². The fraction of sp³-hybridized carbons (Fsp3) is 0.0556. The van der Waals surface area contributed by atoms with Crippen molar-refractivity contribution in [3.8, 4) is 5.75 Å². The molecule has 10 heteroatoms. The van der Waals surface area contributed by atoms with Crippen molar-refractivity contribution in [1.29, 1.82) is 0 Å². The zero-order chi connectivity index (χ0) is 20.6. The molecule has 0 heterocycles. The smallest absolute Gasteiger partial charge is 0.417 e. The molecule has 0 saturated heterocycles. The molecule has 0 spiro atoms. The zero-order valence-electron chi connectivity index (χ0n) is 13.7. The van der Waals surface area contributed by atoms with Gasteiger partial charge in [-0.3, -0.25) is 0 Å². The van der Waals surface area contributed by atoms with Gasteiger partial charge in [-0.15, -0.1) is 0 Å². The molecule has 0 aromatic heterocycles. The van der Waals surface area contributed by atoms with Crippen molar-refractivity contribution in [2.24, 2.45) is 0 Å². The molecule has 0 saturated carbocycles. The van der Waals surface area contributed by atoms with Crippen LogP contribution in [0.15, 0.2) is 42.5 Å².